The zero-order valence-corrected chi connectivity index (χ0v) is 17.0. The molecule has 2 aliphatic carbocycles. The first-order chi connectivity index (χ1) is 13.7. The zero-order valence-electron chi connectivity index (χ0n) is 16.2. The summed E-state index contributed by atoms with van der Waals surface area (Å²) in [5, 5.41) is 5.53. The van der Waals surface area contributed by atoms with Crippen molar-refractivity contribution in [3.05, 3.63) is 70.3 Å². The summed E-state index contributed by atoms with van der Waals surface area (Å²) >= 11 is 0. The van der Waals surface area contributed by atoms with Gasteiger partial charge in [0.2, 0.25) is 10.0 Å². The fraction of sp³-hybridized carbons (Fsp3) is 0.455. The van der Waals surface area contributed by atoms with Crippen LogP contribution in [0.25, 0.3) is 0 Å². The van der Waals surface area contributed by atoms with Crippen LogP contribution in [0.5, 0.6) is 0 Å². The van der Waals surface area contributed by atoms with E-state index in [-0.39, 0.29) is 12.0 Å². The Balaban J connectivity index is 1.65. The lowest BCUT2D eigenvalue weighted by Crippen LogP contribution is -2.50. The van der Waals surface area contributed by atoms with Crippen LogP contribution in [0.2, 0.25) is 0 Å². The Morgan fingerprint density at radius 1 is 1.03 bits per heavy atom. The Kier molecular flexibility index (Phi) is 5.25. The van der Waals surface area contributed by atoms with Crippen molar-refractivity contribution in [1.29, 1.82) is 0 Å². The highest BCUT2D eigenvalue weighted by molar-refractivity contribution is 7.90. The van der Waals surface area contributed by atoms with Crippen LogP contribution in [-0.2, 0) is 29.3 Å². The van der Waals surface area contributed by atoms with E-state index in [4.69, 9.17) is 10.9 Å². The van der Waals surface area contributed by atoms with Crippen molar-refractivity contribution in [2.45, 2.75) is 61.7 Å². The molecule has 7 heteroatoms. The van der Waals surface area contributed by atoms with Gasteiger partial charge < -0.3 is 5.73 Å². The van der Waals surface area contributed by atoms with Crippen LogP contribution in [0.15, 0.2) is 36.4 Å². The summed E-state index contributed by atoms with van der Waals surface area (Å²) in [4.78, 5) is 0. The number of rotatable bonds is 5. The maximum Gasteiger partial charge on any atom is 0.215 e. The minimum absolute atomic E-state index is 0.0321. The molecule has 0 aliphatic heterocycles. The van der Waals surface area contributed by atoms with Crippen LogP contribution in [0.4, 0.5) is 8.78 Å². The van der Waals surface area contributed by atoms with Gasteiger partial charge in [0.05, 0.1) is 4.75 Å². The summed E-state index contributed by atoms with van der Waals surface area (Å²) < 4.78 is 50.3. The average molecular weight is 421 g/mol. The molecule has 0 amide bonds. The molecule has 0 saturated heterocycles. The molecule has 0 radical (unpaired) electrons. The smallest absolute Gasteiger partial charge is 0.215 e. The summed E-state index contributed by atoms with van der Waals surface area (Å²) in [7, 11) is -3.63. The topological polar surface area (TPSA) is 86.2 Å². The highest BCUT2D eigenvalue weighted by Crippen LogP contribution is 2.42. The molecule has 0 aromatic heterocycles. The first-order valence-corrected chi connectivity index (χ1v) is 11.6. The largest absolute Gasteiger partial charge is 0.327 e. The van der Waals surface area contributed by atoms with E-state index in [1.807, 2.05) is 18.2 Å². The Labute approximate surface area is 170 Å². The lowest BCUT2D eigenvalue weighted by Gasteiger charge is -2.40. The number of aryl methyl sites for hydroxylation is 1. The minimum Gasteiger partial charge on any atom is -0.327 e. The standard InChI is InChI=1S/C22H26F2N2O2S/c23-19-6-3-14(12-20(19)24)10-18-17-11-15(2-4-16(17)5-7-21(18)25)13-22(8-1-9-22)29(26,27)28/h2-4,6,11-12,18,21H,1,5,7-10,13,25H2,(H2,26,27,28). The van der Waals surface area contributed by atoms with E-state index in [0.29, 0.717) is 31.2 Å². The predicted octanol–water partition coefficient (Wildman–Crippen LogP) is 3.32. The number of halogens is 2. The molecule has 4 rings (SSSR count). The Morgan fingerprint density at radius 3 is 2.38 bits per heavy atom. The summed E-state index contributed by atoms with van der Waals surface area (Å²) in [6.07, 6.45) is 4.61. The molecular weight excluding hydrogens is 394 g/mol. The number of fused-ring (bicyclic) bond motifs is 1. The van der Waals surface area contributed by atoms with Crippen LogP contribution in [0, 0.1) is 11.6 Å². The van der Waals surface area contributed by atoms with Crippen molar-refractivity contribution in [3.8, 4) is 0 Å². The third-order valence-corrected chi connectivity index (χ3v) is 8.47. The molecule has 2 unspecified atom stereocenters. The molecule has 1 saturated carbocycles. The van der Waals surface area contributed by atoms with Gasteiger partial charge in [0.1, 0.15) is 0 Å². The van der Waals surface area contributed by atoms with Gasteiger partial charge in [-0.1, -0.05) is 30.7 Å². The van der Waals surface area contributed by atoms with E-state index < -0.39 is 26.4 Å². The Hall–Kier alpha value is -1.83. The van der Waals surface area contributed by atoms with Crippen LogP contribution in [0.1, 0.15) is 53.9 Å². The fourth-order valence-corrected chi connectivity index (χ4v) is 5.99. The van der Waals surface area contributed by atoms with Crippen molar-refractivity contribution in [1.82, 2.24) is 0 Å². The number of hydrogen-bond donors (Lipinski definition) is 2. The van der Waals surface area contributed by atoms with E-state index in [0.717, 1.165) is 36.5 Å². The van der Waals surface area contributed by atoms with E-state index in [9.17, 15) is 17.2 Å². The van der Waals surface area contributed by atoms with Crippen molar-refractivity contribution < 1.29 is 17.2 Å². The molecule has 4 nitrogen and oxygen atoms in total. The molecule has 2 aliphatic rings. The number of nitrogens with two attached hydrogens (primary N) is 2. The molecule has 1 fully saturated rings. The van der Waals surface area contributed by atoms with Crippen molar-refractivity contribution in [3.63, 3.8) is 0 Å². The van der Waals surface area contributed by atoms with Gasteiger partial charge in [-0.25, -0.2) is 22.3 Å². The maximum absolute atomic E-state index is 13.7. The average Bonchev–Trinajstić information content (AvgIpc) is 2.62. The van der Waals surface area contributed by atoms with Crippen molar-refractivity contribution in [2.24, 2.45) is 10.9 Å². The van der Waals surface area contributed by atoms with Crippen molar-refractivity contribution >= 4 is 10.0 Å². The fourth-order valence-electron chi connectivity index (χ4n) is 4.77. The first kappa shape index (κ1) is 20.4. The van der Waals surface area contributed by atoms with Gasteiger partial charge in [-0.2, -0.15) is 0 Å². The molecule has 4 N–H and O–H groups in total. The third kappa shape index (κ3) is 3.83. The number of hydrogen-bond acceptors (Lipinski definition) is 3. The molecule has 2 aromatic carbocycles. The summed E-state index contributed by atoms with van der Waals surface area (Å²) in [5.74, 6) is -1.76. The van der Waals surface area contributed by atoms with E-state index in [1.54, 1.807) is 6.07 Å². The van der Waals surface area contributed by atoms with Gasteiger partial charge in [0.25, 0.3) is 0 Å². The van der Waals surface area contributed by atoms with Gasteiger partial charge in [-0.05, 0) is 72.9 Å². The highest BCUT2D eigenvalue weighted by Gasteiger charge is 2.47. The van der Waals surface area contributed by atoms with Gasteiger partial charge >= 0.3 is 0 Å². The predicted molar refractivity (Wildman–Crippen MR) is 109 cm³/mol. The number of primary sulfonamides is 1. The second-order valence-corrected chi connectivity index (χ2v) is 10.5. The minimum atomic E-state index is -3.63. The van der Waals surface area contributed by atoms with E-state index in [2.05, 4.69) is 0 Å². The molecule has 0 bridgehead atoms. The molecule has 2 atom stereocenters. The van der Waals surface area contributed by atoms with Crippen LogP contribution < -0.4 is 10.9 Å². The normalized spacial score (nSPS) is 23.3. The Morgan fingerprint density at radius 2 is 1.76 bits per heavy atom. The van der Waals surface area contributed by atoms with Gasteiger partial charge in [-0.3, -0.25) is 0 Å². The van der Waals surface area contributed by atoms with Gasteiger partial charge in [-0.15, -0.1) is 0 Å². The first-order valence-electron chi connectivity index (χ1n) is 10.0. The third-order valence-electron chi connectivity index (χ3n) is 6.71. The maximum atomic E-state index is 13.7. The second kappa shape index (κ2) is 7.45. The summed E-state index contributed by atoms with van der Waals surface area (Å²) in [6.45, 7) is 0. The van der Waals surface area contributed by atoms with Crippen molar-refractivity contribution in [2.75, 3.05) is 0 Å². The quantitative estimate of drug-likeness (QED) is 0.778. The zero-order chi connectivity index (χ0) is 20.8. The lowest BCUT2D eigenvalue weighted by atomic mass is 9.74. The van der Waals surface area contributed by atoms with E-state index >= 15 is 0 Å². The molecule has 156 valence electrons. The molecule has 0 spiro atoms. The van der Waals surface area contributed by atoms with Crippen LogP contribution in [0.3, 0.4) is 0 Å². The lowest BCUT2D eigenvalue weighted by molar-refractivity contribution is 0.334. The summed E-state index contributed by atoms with van der Waals surface area (Å²) in [6, 6.07) is 9.94. The Bertz CT molecular complexity index is 1040. The molecule has 0 heterocycles. The summed E-state index contributed by atoms with van der Waals surface area (Å²) in [5.41, 5.74) is 10.3. The highest BCUT2D eigenvalue weighted by atomic mass is 32.2. The number of sulfonamides is 1. The number of benzene rings is 2. The SMILES string of the molecule is NC1CCc2ccc(CC3(S(N)(=O)=O)CCC3)cc2C1Cc1ccc(F)c(F)c1. The van der Waals surface area contributed by atoms with Gasteiger partial charge in [0.15, 0.2) is 11.6 Å². The molecule has 2 aromatic rings. The second-order valence-electron chi connectivity index (χ2n) is 8.55. The van der Waals surface area contributed by atoms with E-state index in [1.165, 1.54) is 11.6 Å². The van der Waals surface area contributed by atoms with Gasteiger partial charge in [0, 0.05) is 12.0 Å². The molecular formula is C22H26F2N2O2S. The monoisotopic (exact) mass is 420 g/mol. The molecule has 29 heavy (non-hydrogen) atoms. The van der Waals surface area contributed by atoms with Crippen LogP contribution >= 0.6 is 0 Å². The van der Waals surface area contributed by atoms with Crippen LogP contribution in [-0.4, -0.2) is 19.2 Å².